The van der Waals surface area contributed by atoms with Gasteiger partial charge in [0.1, 0.15) is 6.04 Å². The first-order valence-corrected chi connectivity index (χ1v) is 9.91. The quantitative estimate of drug-likeness (QED) is 0.256. The minimum absolute atomic E-state index is 0.0702. The van der Waals surface area contributed by atoms with Crippen LogP contribution in [0.25, 0.3) is 10.4 Å². The van der Waals surface area contributed by atoms with Crippen molar-refractivity contribution in [2.45, 2.75) is 70.2 Å². The molecule has 1 aliphatic heterocycles. The van der Waals surface area contributed by atoms with E-state index in [4.69, 9.17) is 14.7 Å². The van der Waals surface area contributed by atoms with Crippen molar-refractivity contribution in [2.75, 3.05) is 7.11 Å². The summed E-state index contributed by atoms with van der Waals surface area (Å²) in [7, 11) is -0.675. The summed E-state index contributed by atoms with van der Waals surface area (Å²) in [6, 6.07) is -0.581. The number of hydrogen-bond donors (Lipinski definition) is 0. The van der Waals surface area contributed by atoms with Crippen molar-refractivity contribution in [3.05, 3.63) is 10.4 Å². The summed E-state index contributed by atoms with van der Waals surface area (Å²) in [5.74, 6) is -0.525. The molecule has 0 spiro atoms. The van der Waals surface area contributed by atoms with Crippen LogP contribution in [0.5, 0.6) is 0 Å². The first-order valence-electron chi connectivity index (χ1n) is 7.00. The molecule has 4 atom stereocenters. The lowest BCUT2D eigenvalue weighted by molar-refractivity contribution is -0.204. The summed E-state index contributed by atoms with van der Waals surface area (Å²) in [6.45, 7) is 12.6. The molecule has 0 aromatic rings. The molecule has 0 aromatic carbocycles. The Labute approximate surface area is 126 Å². The summed E-state index contributed by atoms with van der Waals surface area (Å²) < 4.78 is 16.4. The van der Waals surface area contributed by atoms with E-state index in [0.29, 0.717) is 0 Å². The number of nitrogens with zero attached hydrogens (tertiary/aromatic N) is 3. The van der Waals surface area contributed by atoms with Crippen LogP contribution in [0.1, 0.15) is 27.7 Å². The van der Waals surface area contributed by atoms with Crippen molar-refractivity contribution in [2.24, 2.45) is 5.11 Å². The highest BCUT2D eigenvalue weighted by atomic mass is 28.4. The number of azide groups is 1. The second-order valence-corrected chi connectivity index (χ2v) is 11.6. The first-order chi connectivity index (χ1) is 9.55. The van der Waals surface area contributed by atoms with E-state index >= 15 is 0 Å². The second-order valence-electron chi connectivity index (χ2n) is 6.82. The Kier molecular flexibility index (Phi) is 5.44. The van der Waals surface area contributed by atoms with E-state index in [0.717, 1.165) is 0 Å². The molecular formula is C13H25N3O4Si. The zero-order valence-corrected chi connectivity index (χ0v) is 14.8. The van der Waals surface area contributed by atoms with Crippen molar-refractivity contribution in [1.82, 2.24) is 0 Å². The Bertz CT molecular complexity index is 443. The van der Waals surface area contributed by atoms with Crippen LogP contribution in [-0.4, -0.2) is 45.8 Å². The van der Waals surface area contributed by atoms with E-state index in [-0.39, 0.29) is 11.1 Å². The smallest absolute Gasteiger partial charge is 0.335 e. The third kappa shape index (κ3) is 3.77. The zero-order valence-electron chi connectivity index (χ0n) is 13.8. The lowest BCUT2D eigenvalue weighted by Crippen LogP contribution is -2.62. The summed E-state index contributed by atoms with van der Waals surface area (Å²) in [5.41, 5.74) is 8.65. The summed E-state index contributed by atoms with van der Waals surface area (Å²) in [6.07, 6.45) is -1.50. The van der Waals surface area contributed by atoms with Gasteiger partial charge in [-0.3, -0.25) is 0 Å². The fraction of sp³-hybridized carbons (Fsp3) is 0.923. The Balaban J connectivity index is 2.78. The van der Waals surface area contributed by atoms with Crippen LogP contribution >= 0.6 is 0 Å². The molecule has 0 radical (unpaired) electrons. The van der Waals surface area contributed by atoms with Gasteiger partial charge in [-0.1, -0.05) is 25.9 Å². The maximum atomic E-state index is 11.5. The van der Waals surface area contributed by atoms with Crippen LogP contribution in [-0.2, 0) is 18.7 Å². The van der Waals surface area contributed by atoms with Gasteiger partial charge < -0.3 is 13.9 Å². The predicted molar refractivity (Wildman–Crippen MR) is 81.4 cm³/mol. The van der Waals surface area contributed by atoms with Crippen LogP contribution in [0.4, 0.5) is 0 Å². The van der Waals surface area contributed by atoms with E-state index in [9.17, 15) is 4.79 Å². The molecule has 7 nitrogen and oxygen atoms in total. The molecule has 0 N–H and O–H groups in total. The molecule has 1 aliphatic rings. The zero-order chi connectivity index (χ0) is 16.4. The average molecular weight is 315 g/mol. The first kappa shape index (κ1) is 18.0. The van der Waals surface area contributed by atoms with Crippen molar-refractivity contribution >= 4 is 14.3 Å². The normalized spacial score (nSPS) is 27.3. The molecule has 1 rings (SSSR count). The van der Waals surface area contributed by atoms with E-state index in [1.54, 1.807) is 0 Å². The van der Waals surface area contributed by atoms with E-state index in [1.807, 2.05) is 6.92 Å². The van der Waals surface area contributed by atoms with Gasteiger partial charge in [-0.2, -0.15) is 0 Å². The van der Waals surface area contributed by atoms with Gasteiger partial charge in [-0.15, -0.1) is 0 Å². The van der Waals surface area contributed by atoms with Gasteiger partial charge in [-0.05, 0) is 30.6 Å². The Morgan fingerprint density at radius 3 is 2.43 bits per heavy atom. The molecule has 21 heavy (non-hydrogen) atoms. The highest BCUT2D eigenvalue weighted by Gasteiger charge is 2.51. The molecule has 1 fully saturated rings. The molecule has 1 saturated heterocycles. The van der Waals surface area contributed by atoms with E-state index in [2.05, 4.69) is 48.6 Å². The number of ether oxygens (including phenoxy) is 2. The molecule has 0 aromatic heterocycles. The Hall–Kier alpha value is -1.08. The summed E-state index contributed by atoms with van der Waals surface area (Å²) >= 11 is 0. The van der Waals surface area contributed by atoms with Crippen molar-refractivity contribution in [3.8, 4) is 0 Å². The molecule has 8 heteroatoms. The van der Waals surface area contributed by atoms with Gasteiger partial charge >= 0.3 is 5.97 Å². The van der Waals surface area contributed by atoms with Gasteiger partial charge in [0.2, 0.25) is 0 Å². The van der Waals surface area contributed by atoms with Crippen molar-refractivity contribution in [3.63, 3.8) is 0 Å². The van der Waals surface area contributed by atoms with Crippen LogP contribution in [0.2, 0.25) is 18.1 Å². The number of rotatable bonds is 5. The molecular weight excluding hydrogens is 290 g/mol. The van der Waals surface area contributed by atoms with Gasteiger partial charge in [0, 0.05) is 4.91 Å². The fourth-order valence-electron chi connectivity index (χ4n) is 2.01. The molecule has 0 unspecified atom stereocenters. The van der Waals surface area contributed by atoms with Crippen LogP contribution in [0.3, 0.4) is 0 Å². The third-order valence-electron chi connectivity index (χ3n) is 4.32. The van der Waals surface area contributed by atoms with Gasteiger partial charge in [-0.25, -0.2) is 4.79 Å². The van der Waals surface area contributed by atoms with Gasteiger partial charge in [0.15, 0.2) is 14.4 Å². The van der Waals surface area contributed by atoms with E-state index < -0.39 is 32.5 Å². The van der Waals surface area contributed by atoms with Crippen molar-refractivity contribution in [1.29, 1.82) is 0 Å². The number of carbonyl (C=O) groups is 1. The minimum atomic E-state index is -1.95. The molecule has 0 saturated carbocycles. The van der Waals surface area contributed by atoms with Gasteiger partial charge in [0.05, 0.1) is 19.3 Å². The number of carbonyl (C=O) groups excluding carboxylic acids is 1. The van der Waals surface area contributed by atoms with Gasteiger partial charge in [0.25, 0.3) is 0 Å². The summed E-state index contributed by atoms with van der Waals surface area (Å²) in [4.78, 5) is 14.3. The molecule has 0 aliphatic carbocycles. The van der Waals surface area contributed by atoms with Crippen molar-refractivity contribution < 1.29 is 18.7 Å². The molecule has 1 heterocycles. The van der Waals surface area contributed by atoms with Crippen LogP contribution in [0.15, 0.2) is 5.11 Å². The standard InChI is InChI=1S/C13H25N3O4Si/c1-8(20-21(6,7)13(2,3)4)10-9(15-16-14)11(19-10)12(17)18-5/h8-11H,1-7H3/t8-,9-,10-,11+/m0/s1. The molecule has 0 amide bonds. The monoisotopic (exact) mass is 315 g/mol. The predicted octanol–water partition coefficient (Wildman–Crippen LogP) is 3.02. The van der Waals surface area contributed by atoms with Crippen LogP contribution in [0, 0.1) is 0 Å². The minimum Gasteiger partial charge on any atom is -0.467 e. The highest BCUT2D eigenvalue weighted by molar-refractivity contribution is 6.74. The lowest BCUT2D eigenvalue weighted by Gasteiger charge is -2.47. The molecule has 120 valence electrons. The largest absolute Gasteiger partial charge is 0.467 e. The lowest BCUT2D eigenvalue weighted by atomic mass is 9.94. The summed E-state index contributed by atoms with van der Waals surface area (Å²) in [5, 5.41) is 3.74. The SMILES string of the molecule is COC(=O)[C@@H]1O[C@@H]([C@H](C)O[Si](C)(C)C(C)(C)C)[C@@H]1N=[N+]=[N-]. The number of methoxy groups -OCH3 is 1. The topological polar surface area (TPSA) is 93.5 Å². The Morgan fingerprint density at radius 2 is 2.00 bits per heavy atom. The third-order valence-corrected chi connectivity index (χ3v) is 8.89. The van der Waals surface area contributed by atoms with E-state index in [1.165, 1.54) is 7.11 Å². The second kappa shape index (κ2) is 6.35. The van der Waals surface area contributed by atoms with Crippen LogP contribution < -0.4 is 0 Å². The fourth-order valence-corrected chi connectivity index (χ4v) is 3.42. The maximum absolute atomic E-state index is 11.5. The molecule has 0 bridgehead atoms. The Morgan fingerprint density at radius 1 is 1.43 bits per heavy atom. The number of hydrogen-bond acceptors (Lipinski definition) is 5. The average Bonchev–Trinajstić information content (AvgIpc) is 2.32. The number of esters is 1. The highest BCUT2D eigenvalue weighted by Crippen LogP contribution is 2.39. The maximum Gasteiger partial charge on any atom is 0.335 e.